The Labute approximate surface area is 161 Å². The number of rotatable bonds is 6. The van der Waals surface area contributed by atoms with E-state index in [9.17, 15) is 4.79 Å². The van der Waals surface area contributed by atoms with E-state index in [4.69, 9.17) is 0 Å². The number of carbonyl (C=O) groups is 1. The smallest absolute Gasteiger partial charge is 0.251 e. The molecule has 1 N–H and O–H groups in total. The van der Waals surface area contributed by atoms with Gasteiger partial charge in [0.15, 0.2) is 0 Å². The predicted molar refractivity (Wildman–Crippen MR) is 106 cm³/mol. The zero-order valence-electron chi connectivity index (χ0n) is 14.6. The van der Waals surface area contributed by atoms with Gasteiger partial charge in [-0.05, 0) is 40.8 Å². The van der Waals surface area contributed by atoms with Crippen LogP contribution in [-0.4, -0.2) is 20.4 Å². The summed E-state index contributed by atoms with van der Waals surface area (Å²) in [7, 11) is 0. The molecule has 0 bridgehead atoms. The first-order valence-corrected chi connectivity index (χ1v) is 9.53. The largest absolute Gasteiger partial charge is 0.348 e. The maximum Gasteiger partial charge on any atom is 0.251 e. The molecule has 134 valence electrons. The summed E-state index contributed by atoms with van der Waals surface area (Å²) in [4.78, 5) is 21.0. The van der Waals surface area contributed by atoms with E-state index in [1.807, 2.05) is 58.6 Å². The summed E-state index contributed by atoms with van der Waals surface area (Å²) < 4.78 is 1.99. The molecular formula is C21H18N4OS. The van der Waals surface area contributed by atoms with Crippen LogP contribution in [0.4, 0.5) is 0 Å². The van der Waals surface area contributed by atoms with Crippen LogP contribution in [0.15, 0.2) is 78.1 Å². The average molecular weight is 374 g/mol. The summed E-state index contributed by atoms with van der Waals surface area (Å²) in [6.45, 7) is 1.18. The van der Waals surface area contributed by atoms with Gasteiger partial charge in [-0.15, -0.1) is 0 Å². The van der Waals surface area contributed by atoms with Crippen LogP contribution in [-0.2, 0) is 13.1 Å². The van der Waals surface area contributed by atoms with Crippen molar-refractivity contribution in [1.29, 1.82) is 0 Å². The molecule has 27 heavy (non-hydrogen) atoms. The molecule has 0 fully saturated rings. The topological polar surface area (TPSA) is 59.8 Å². The number of nitrogens with zero attached hydrogens (tertiary/aromatic N) is 3. The van der Waals surface area contributed by atoms with Gasteiger partial charge in [-0.25, -0.2) is 4.98 Å². The first-order chi connectivity index (χ1) is 13.3. The maximum atomic E-state index is 12.5. The van der Waals surface area contributed by atoms with E-state index in [0.29, 0.717) is 12.1 Å². The van der Waals surface area contributed by atoms with Gasteiger partial charge in [-0.3, -0.25) is 9.78 Å². The van der Waals surface area contributed by atoms with Gasteiger partial charge in [0.25, 0.3) is 5.91 Å². The predicted octanol–water partition coefficient (Wildman–Crippen LogP) is 3.98. The van der Waals surface area contributed by atoms with Crippen LogP contribution in [0.1, 0.15) is 21.5 Å². The van der Waals surface area contributed by atoms with E-state index >= 15 is 0 Å². The lowest BCUT2D eigenvalue weighted by Gasteiger charge is -2.10. The number of imidazole rings is 1. The molecule has 4 rings (SSSR count). The number of hydrogen-bond acceptors (Lipinski definition) is 4. The second-order valence-corrected chi connectivity index (χ2v) is 6.92. The van der Waals surface area contributed by atoms with Crippen LogP contribution in [0.5, 0.6) is 0 Å². The van der Waals surface area contributed by atoms with Crippen LogP contribution < -0.4 is 5.32 Å². The Morgan fingerprint density at radius 1 is 1.11 bits per heavy atom. The van der Waals surface area contributed by atoms with Gasteiger partial charge in [0.1, 0.15) is 0 Å². The molecule has 4 aromatic rings. The number of hydrogen-bond donors (Lipinski definition) is 1. The number of aromatic nitrogens is 3. The molecule has 1 amide bonds. The van der Waals surface area contributed by atoms with Crippen molar-refractivity contribution < 1.29 is 4.79 Å². The summed E-state index contributed by atoms with van der Waals surface area (Å²) in [5.41, 5.74) is 4.76. The lowest BCUT2D eigenvalue weighted by Crippen LogP contribution is -2.23. The lowest BCUT2D eigenvalue weighted by atomic mass is 10.1. The van der Waals surface area contributed by atoms with Gasteiger partial charge in [-0.2, -0.15) is 11.3 Å². The number of nitrogens with one attached hydrogen (secondary N) is 1. The Morgan fingerprint density at radius 3 is 2.74 bits per heavy atom. The minimum Gasteiger partial charge on any atom is -0.348 e. The minimum absolute atomic E-state index is 0.0932. The molecule has 3 aromatic heterocycles. The van der Waals surface area contributed by atoms with E-state index in [2.05, 4.69) is 20.7 Å². The quantitative estimate of drug-likeness (QED) is 0.555. The Kier molecular flexibility index (Phi) is 5.07. The number of pyridine rings is 1. The van der Waals surface area contributed by atoms with Crippen molar-refractivity contribution in [2.24, 2.45) is 0 Å². The van der Waals surface area contributed by atoms with Gasteiger partial charge >= 0.3 is 0 Å². The van der Waals surface area contributed by atoms with Crippen molar-refractivity contribution in [2.75, 3.05) is 0 Å². The lowest BCUT2D eigenvalue weighted by molar-refractivity contribution is 0.0951. The highest BCUT2D eigenvalue weighted by atomic mass is 32.1. The fraction of sp³-hybridized carbons (Fsp3) is 0.0952. The Balaban J connectivity index is 1.41. The third-order valence-corrected chi connectivity index (χ3v) is 4.95. The zero-order valence-corrected chi connectivity index (χ0v) is 15.4. The summed E-state index contributed by atoms with van der Waals surface area (Å²) in [5, 5.41) is 7.08. The highest BCUT2D eigenvalue weighted by Crippen LogP contribution is 2.23. The molecule has 0 aliphatic carbocycles. The zero-order chi connectivity index (χ0) is 18.5. The molecule has 5 nitrogen and oxygen atoms in total. The molecule has 1 aromatic carbocycles. The molecule has 3 heterocycles. The average Bonchev–Trinajstić information content (AvgIpc) is 3.41. The standard InChI is InChI=1S/C21H18N4OS/c26-21(17-5-3-16(4-6-17)13-25-10-9-22-15-25)24-12-18-2-1-8-23-20(18)19-7-11-27-14-19/h1-11,14-15H,12-13H2,(H,24,26). The molecule has 6 heteroatoms. The van der Waals surface area contributed by atoms with Gasteiger partial charge in [0.05, 0.1) is 12.0 Å². The fourth-order valence-electron chi connectivity index (χ4n) is 2.87. The highest BCUT2D eigenvalue weighted by Gasteiger charge is 2.10. The van der Waals surface area contributed by atoms with Crippen LogP contribution in [0.25, 0.3) is 11.3 Å². The number of thiophene rings is 1. The monoisotopic (exact) mass is 374 g/mol. The summed E-state index contributed by atoms with van der Waals surface area (Å²) in [6, 6.07) is 13.6. The third-order valence-electron chi connectivity index (χ3n) is 4.27. The summed E-state index contributed by atoms with van der Waals surface area (Å²) in [5.74, 6) is -0.0932. The molecule has 0 atom stereocenters. The number of amides is 1. The van der Waals surface area contributed by atoms with Crippen molar-refractivity contribution in [3.05, 3.63) is 94.8 Å². The third kappa shape index (κ3) is 4.12. The summed E-state index contributed by atoms with van der Waals surface area (Å²) >= 11 is 1.63. The van der Waals surface area contributed by atoms with Gasteiger partial charge in [-0.1, -0.05) is 18.2 Å². The van der Waals surface area contributed by atoms with E-state index in [1.165, 1.54) is 0 Å². The Hall–Kier alpha value is -3.25. The second kappa shape index (κ2) is 7.97. The molecule has 0 saturated heterocycles. The van der Waals surface area contributed by atoms with Crippen LogP contribution >= 0.6 is 11.3 Å². The molecule has 0 aliphatic rings. The van der Waals surface area contributed by atoms with E-state index in [-0.39, 0.29) is 5.91 Å². The van der Waals surface area contributed by atoms with Gasteiger partial charge in [0.2, 0.25) is 0 Å². The first kappa shape index (κ1) is 17.2. The molecular weight excluding hydrogens is 356 g/mol. The number of benzene rings is 1. The van der Waals surface area contributed by atoms with E-state index in [1.54, 1.807) is 30.1 Å². The van der Waals surface area contributed by atoms with Crippen molar-refractivity contribution in [2.45, 2.75) is 13.1 Å². The van der Waals surface area contributed by atoms with Crippen molar-refractivity contribution in [1.82, 2.24) is 19.9 Å². The first-order valence-electron chi connectivity index (χ1n) is 8.59. The Bertz CT molecular complexity index is 1010. The maximum absolute atomic E-state index is 12.5. The molecule has 0 spiro atoms. The summed E-state index contributed by atoms with van der Waals surface area (Å²) in [6.07, 6.45) is 7.22. The van der Waals surface area contributed by atoms with Gasteiger partial charge in [0, 0.05) is 48.2 Å². The van der Waals surface area contributed by atoms with E-state index in [0.717, 1.165) is 28.9 Å². The minimum atomic E-state index is -0.0932. The molecule has 0 radical (unpaired) electrons. The van der Waals surface area contributed by atoms with Crippen molar-refractivity contribution in [3.63, 3.8) is 0 Å². The second-order valence-electron chi connectivity index (χ2n) is 6.14. The molecule has 0 unspecified atom stereocenters. The van der Waals surface area contributed by atoms with E-state index < -0.39 is 0 Å². The van der Waals surface area contributed by atoms with Crippen LogP contribution in [0.3, 0.4) is 0 Å². The molecule has 0 saturated carbocycles. The molecule has 0 aliphatic heterocycles. The number of carbonyl (C=O) groups excluding carboxylic acids is 1. The van der Waals surface area contributed by atoms with Gasteiger partial charge < -0.3 is 9.88 Å². The Morgan fingerprint density at radius 2 is 2.00 bits per heavy atom. The van der Waals surface area contributed by atoms with Crippen LogP contribution in [0.2, 0.25) is 0 Å². The van der Waals surface area contributed by atoms with Crippen LogP contribution in [0, 0.1) is 0 Å². The normalized spacial score (nSPS) is 10.7. The van der Waals surface area contributed by atoms with Crippen molar-refractivity contribution in [3.8, 4) is 11.3 Å². The highest BCUT2D eigenvalue weighted by molar-refractivity contribution is 7.08. The SMILES string of the molecule is O=C(NCc1cccnc1-c1ccsc1)c1ccc(Cn2ccnc2)cc1. The van der Waals surface area contributed by atoms with Crippen molar-refractivity contribution >= 4 is 17.2 Å². The fourth-order valence-corrected chi connectivity index (χ4v) is 3.51.